The molecule has 0 spiro atoms. The number of alkyl halides is 1. The van der Waals surface area contributed by atoms with E-state index in [0.29, 0.717) is 18.9 Å². The molecule has 4 nitrogen and oxygen atoms in total. The number of nitrogens with zero attached hydrogens (tertiary/aromatic N) is 3. The lowest BCUT2D eigenvalue weighted by molar-refractivity contribution is 0.380. The molecule has 0 bridgehead atoms. The highest BCUT2D eigenvalue weighted by Crippen LogP contribution is 2.16. The van der Waals surface area contributed by atoms with Crippen molar-refractivity contribution >= 4 is 11.6 Å². The van der Waals surface area contributed by atoms with E-state index in [2.05, 4.69) is 9.89 Å². The van der Waals surface area contributed by atoms with Gasteiger partial charge in [0.2, 0.25) is 0 Å². The van der Waals surface area contributed by atoms with E-state index in [1.54, 1.807) is 12.1 Å². The smallest absolute Gasteiger partial charge is 0.191 e. The highest BCUT2D eigenvalue weighted by molar-refractivity contribution is 5.78. The number of piperazine rings is 1. The predicted octanol–water partition coefficient (Wildman–Crippen LogP) is 1.62. The summed E-state index contributed by atoms with van der Waals surface area (Å²) < 4.78 is 24.9. The molecule has 2 rings (SSSR count). The van der Waals surface area contributed by atoms with Crippen molar-refractivity contribution in [3.05, 3.63) is 30.1 Å². The van der Waals surface area contributed by atoms with E-state index in [-0.39, 0.29) is 12.5 Å². The zero-order chi connectivity index (χ0) is 14.4. The largest absolute Gasteiger partial charge is 0.370 e. The molecule has 1 heterocycles. The Bertz CT molecular complexity index is 439. The first kappa shape index (κ1) is 14.6. The molecule has 0 unspecified atom stereocenters. The van der Waals surface area contributed by atoms with Gasteiger partial charge in [0.1, 0.15) is 5.82 Å². The number of nitrogens with two attached hydrogens (primary N) is 1. The Hall–Kier alpha value is -1.85. The number of rotatable bonds is 4. The van der Waals surface area contributed by atoms with Gasteiger partial charge < -0.3 is 15.5 Å². The summed E-state index contributed by atoms with van der Waals surface area (Å²) in [7, 11) is 0. The van der Waals surface area contributed by atoms with Gasteiger partial charge in [-0.05, 0) is 30.7 Å². The number of hydrogen-bond donors (Lipinski definition) is 1. The molecule has 1 saturated heterocycles. The van der Waals surface area contributed by atoms with E-state index in [9.17, 15) is 8.78 Å². The quantitative estimate of drug-likeness (QED) is 0.518. The third-order valence-corrected chi connectivity index (χ3v) is 3.36. The second kappa shape index (κ2) is 7.07. The standard InChI is InChI=1S/C14H20F2N4/c15-6-1-7-18-14(17)20-10-8-19(9-11-20)13-4-2-12(16)3-5-13/h2-5H,1,6-11H2,(H2,17,18). The van der Waals surface area contributed by atoms with Crippen LogP contribution in [0, 0.1) is 5.82 Å². The molecule has 2 N–H and O–H groups in total. The van der Waals surface area contributed by atoms with Crippen LogP contribution < -0.4 is 10.6 Å². The number of benzene rings is 1. The Morgan fingerprint density at radius 2 is 1.80 bits per heavy atom. The maximum Gasteiger partial charge on any atom is 0.191 e. The van der Waals surface area contributed by atoms with E-state index in [1.165, 1.54) is 12.1 Å². The summed E-state index contributed by atoms with van der Waals surface area (Å²) in [6.45, 7) is 3.22. The van der Waals surface area contributed by atoms with Crippen molar-refractivity contribution in [2.24, 2.45) is 10.7 Å². The minimum absolute atomic E-state index is 0.225. The van der Waals surface area contributed by atoms with Gasteiger partial charge in [-0.1, -0.05) is 0 Å². The second-order valence-corrected chi connectivity index (χ2v) is 4.73. The van der Waals surface area contributed by atoms with Gasteiger partial charge in [-0.25, -0.2) is 4.39 Å². The maximum atomic E-state index is 12.9. The summed E-state index contributed by atoms with van der Waals surface area (Å²) >= 11 is 0. The van der Waals surface area contributed by atoms with Crippen molar-refractivity contribution in [2.45, 2.75) is 6.42 Å². The zero-order valence-corrected chi connectivity index (χ0v) is 11.4. The number of anilines is 1. The lowest BCUT2D eigenvalue weighted by atomic mass is 10.2. The molecule has 1 aliphatic heterocycles. The van der Waals surface area contributed by atoms with Gasteiger partial charge in [-0.15, -0.1) is 0 Å². The van der Waals surface area contributed by atoms with Crippen LogP contribution in [0.5, 0.6) is 0 Å². The summed E-state index contributed by atoms with van der Waals surface area (Å²) in [5.41, 5.74) is 6.89. The van der Waals surface area contributed by atoms with Crippen molar-refractivity contribution in [1.82, 2.24) is 4.90 Å². The summed E-state index contributed by atoms with van der Waals surface area (Å²) in [6, 6.07) is 6.50. The Balaban J connectivity index is 1.85. The third-order valence-electron chi connectivity index (χ3n) is 3.36. The average molecular weight is 282 g/mol. The first-order chi connectivity index (χ1) is 9.70. The van der Waals surface area contributed by atoms with Gasteiger partial charge in [-0.2, -0.15) is 0 Å². The van der Waals surface area contributed by atoms with Crippen LogP contribution in [0.25, 0.3) is 0 Å². The molecule has 0 saturated carbocycles. The van der Waals surface area contributed by atoms with E-state index in [0.717, 1.165) is 31.9 Å². The van der Waals surface area contributed by atoms with E-state index in [4.69, 9.17) is 5.73 Å². The first-order valence-corrected chi connectivity index (χ1v) is 6.82. The zero-order valence-electron chi connectivity index (χ0n) is 11.4. The molecule has 0 atom stereocenters. The van der Waals surface area contributed by atoms with Gasteiger partial charge >= 0.3 is 0 Å². The Morgan fingerprint density at radius 1 is 1.15 bits per heavy atom. The number of hydrogen-bond acceptors (Lipinski definition) is 2. The van der Waals surface area contributed by atoms with Gasteiger partial charge in [-0.3, -0.25) is 9.38 Å². The summed E-state index contributed by atoms with van der Waals surface area (Å²) in [4.78, 5) is 8.34. The lowest BCUT2D eigenvalue weighted by Crippen LogP contribution is -2.51. The minimum Gasteiger partial charge on any atom is -0.370 e. The van der Waals surface area contributed by atoms with Crippen molar-refractivity contribution in [3.63, 3.8) is 0 Å². The highest BCUT2D eigenvalue weighted by Gasteiger charge is 2.18. The van der Waals surface area contributed by atoms with Gasteiger partial charge in [0.15, 0.2) is 5.96 Å². The van der Waals surface area contributed by atoms with Crippen molar-refractivity contribution < 1.29 is 8.78 Å². The fraction of sp³-hybridized carbons (Fsp3) is 0.500. The molecule has 0 radical (unpaired) electrons. The molecular formula is C14H20F2N4. The predicted molar refractivity (Wildman–Crippen MR) is 77.3 cm³/mol. The van der Waals surface area contributed by atoms with Crippen LogP contribution in [-0.4, -0.2) is 50.3 Å². The molecule has 0 aliphatic carbocycles. The molecule has 20 heavy (non-hydrogen) atoms. The monoisotopic (exact) mass is 282 g/mol. The molecule has 0 amide bonds. The van der Waals surface area contributed by atoms with Crippen LogP contribution in [0.2, 0.25) is 0 Å². The number of halogens is 2. The molecule has 1 aromatic rings. The molecule has 110 valence electrons. The van der Waals surface area contributed by atoms with E-state index in [1.807, 2.05) is 4.90 Å². The van der Waals surface area contributed by atoms with Crippen molar-refractivity contribution in [1.29, 1.82) is 0 Å². The first-order valence-electron chi connectivity index (χ1n) is 6.82. The number of aliphatic imine (C=N–C) groups is 1. The Kier molecular flexibility index (Phi) is 5.15. The van der Waals surface area contributed by atoms with Crippen molar-refractivity contribution in [2.75, 3.05) is 44.3 Å². The summed E-state index contributed by atoms with van der Waals surface area (Å²) in [5.74, 6) is 0.258. The Labute approximate surface area is 117 Å². The van der Waals surface area contributed by atoms with Crippen LogP contribution >= 0.6 is 0 Å². The van der Waals surface area contributed by atoms with Crippen LogP contribution in [0.15, 0.2) is 29.3 Å². The fourth-order valence-electron chi connectivity index (χ4n) is 2.20. The van der Waals surface area contributed by atoms with Gasteiger partial charge in [0.05, 0.1) is 6.67 Å². The average Bonchev–Trinajstić information content (AvgIpc) is 2.48. The van der Waals surface area contributed by atoms with Crippen LogP contribution in [0.4, 0.5) is 14.5 Å². The van der Waals surface area contributed by atoms with Crippen LogP contribution in [-0.2, 0) is 0 Å². The second-order valence-electron chi connectivity index (χ2n) is 4.73. The molecule has 6 heteroatoms. The molecule has 1 aliphatic rings. The third kappa shape index (κ3) is 3.82. The Morgan fingerprint density at radius 3 is 2.40 bits per heavy atom. The number of guanidine groups is 1. The SMILES string of the molecule is NC(=NCCCF)N1CCN(c2ccc(F)cc2)CC1. The van der Waals surface area contributed by atoms with Crippen LogP contribution in [0.3, 0.4) is 0 Å². The normalized spacial score (nSPS) is 16.6. The van der Waals surface area contributed by atoms with Crippen molar-refractivity contribution in [3.8, 4) is 0 Å². The summed E-state index contributed by atoms with van der Waals surface area (Å²) in [6.07, 6.45) is 0.413. The molecular weight excluding hydrogens is 262 g/mol. The van der Waals surface area contributed by atoms with Gasteiger partial charge in [0.25, 0.3) is 0 Å². The molecule has 1 fully saturated rings. The summed E-state index contributed by atoms with van der Waals surface area (Å²) in [5, 5.41) is 0. The van der Waals surface area contributed by atoms with Crippen LogP contribution in [0.1, 0.15) is 6.42 Å². The van der Waals surface area contributed by atoms with E-state index >= 15 is 0 Å². The lowest BCUT2D eigenvalue weighted by Gasteiger charge is -2.36. The maximum absolute atomic E-state index is 12.9. The minimum atomic E-state index is -0.366. The van der Waals surface area contributed by atoms with E-state index < -0.39 is 0 Å². The highest BCUT2D eigenvalue weighted by atomic mass is 19.1. The topological polar surface area (TPSA) is 44.9 Å². The van der Waals surface area contributed by atoms with Gasteiger partial charge in [0, 0.05) is 38.4 Å². The molecule has 0 aromatic heterocycles. The molecule has 1 aromatic carbocycles. The fourth-order valence-corrected chi connectivity index (χ4v) is 2.20.